The summed E-state index contributed by atoms with van der Waals surface area (Å²) in [7, 11) is 0. The van der Waals surface area contributed by atoms with Crippen molar-refractivity contribution in [2.45, 2.75) is 88.7 Å². The van der Waals surface area contributed by atoms with E-state index in [9.17, 15) is 14.7 Å². The van der Waals surface area contributed by atoms with Crippen LogP contribution >= 0.6 is 0 Å². The molecule has 228 valence electrons. The number of hydrogen-bond donors (Lipinski definition) is 2. The zero-order valence-corrected chi connectivity index (χ0v) is 24.3. The van der Waals surface area contributed by atoms with Crippen molar-refractivity contribution in [1.29, 1.82) is 0 Å². The number of ether oxygens (including phenoxy) is 4. The normalized spacial score (nSPS) is 21.0. The molecule has 2 N–H and O–H groups in total. The third-order valence-corrected chi connectivity index (χ3v) is 7.61. The van der Waals surface area contributed by atoms with Gasteiger partial charge in [0.2, 0.25) is 0 Å². The lowest BCUT2D eigenvalue weighted by atomic mass is 10.0. The van der Waals surface area contributed by atoms with Gasteiger partial charge in [0.1, 0.15) is 6.10 Å². The smallest absolute Gasteiger partial charge is 0.409 e. The molecule has 5 atom stereocenters. The summed E-state index contributed by atoms with van der Waals surface area (Å²) in [5.41, 5.74) is 0.946. The monoisotopic (exact) mass is 572 g/mol. The Hall–Kier alpha value is -2.88. The molecule has 9 heteroatoms. The number of carbonyl (C=O) groups is 2. The molecule has 2 unspecified atom stereocenters. The first kappa shape index (κ1) is 32.6. The number of allylic oxidation sites excluding steroid dienone is 1. The molecule has 3 rings (SSSR count). The Labute approximate surface area is 244 Å². The third-order valence-electron chi connectivity index (χ3n) is 7.61. The quantitative estimate of drug-likeness (QED) is 0.169. The predicted octanol–water partition coefficient (Wildman–Crippen LogP) is 5.38. The van der Waals surface area contributed by atoms with Gasteiger partial charge in [0.25, 0.3) is 0 Å². The van der Waals surface area contributed by atoms with Crippen LogP contribution in [0.4, 0.5) is 9.59 Å². The van der Waals surface area contributed by atoms with Crippen molar-refractivity contribution in [3.8, 4) is 0 Å². The SMILES string of the molecule is C=CCCCCCCCCN(CC(O)C(Cc1ccccc1)NC(=O)O[C@H]1CO[C@H]2OCC[C@H]21)C(=O)OCCC=C. The minimum Gasteiger partial charge on any atom is -0.449 e. The summed E-state index contributed by atoms with van der Waals surface area (Å²) >= 11 is 0. The highest BCUT2D eigenvalue weighted by Gasteiger charge is 2.44. The van der Waals surface area contributed by atoms with E-state index in [1.54, 1.807) is 11.0 Å². The van der Waals surface area contributed by atoms with Crippen LogP contribution in [-0.4, -0.2) is 79.6 Å². The first-order valence-corrected chi connectivity index (χ1v) is 15.1. The molecule has 9 nitrogen and oxygen atoms in total. The van der Waals surface area contributed by atoms with Crippen LogP contribution in [0.25, 0.3) is 0 Å². The summed E-state index contributed by atoms with van der Waals surface area (Å²) in [4.78, 5) is 27.4. The zero-order valence-electron chi connectivity index (χ0n) is 24.3. The van der Waals surface area contributed by atoms with Crippen LogP contribution in [0, 0.1) is 5.92 Å². The van der Waals surface area contributed by atoms with Gasteiger partial charge in [0.05, 0.1) is 44.4 Å². The van der Waals surface area contributed by atoms with Crippen LogP contribution in [0.1, 0.15) is 63.4 Å². The second-order valence-corrected chi connectivity index (χ2v) is 10.8. The number of aliphatic hydroxyl groups excluding tert-OH is 1. The maximum Gasteiger partial charge on any atom is 0.409 e. The van der Waals surface area contributed by atoms with Crippen molar-refractivity contribution in [3.63, 3.8) is 0 Å². The van der Waals surface area contributed by atoms with Crippen molar-refractivity contribution in [1.82, 2.24) is 10.2 Å². The first-order chi connectivity index (χ1) is 20.0. The molecule has 2 heterocycles. The molecule has 2 amide bonds. The fourth-order valence-corrected chi connectivity index (χ4v) is 5.25. The summed E-state index contributed by atoms with van der Waals surface area (Å²) < 4.78 is 22.3. The van der Waals surface area contributed by atoms with E-state index in [1.165, 1.54) is 6.42 Å². The van der Waals surface area contributed by atoms with Gasteiger partial charge in [-0.1, -0.05) is 68.2 Å². The van der Waals surface area contributed by atoms with Crippen LogP contribution in [0.15, 0.2) is 55.6 Å². The van der Waals surface area contributed by atoms with Crippen LogP contribution in [-0.2, 0) is 25.4 Å². The first-order valence-electron chi connectivity index (χ1n) is 15.1. The molecule has 1 aromatic carbocycles. The number of fused-ring (bicyclic) bond motifs is 1. The van der Waals surface area contributed by atoms with E-state index in [4.69, 9.17) is 18.9 Å². The highest BCUT2D eigenvalue weighted by atomic mass is 16.7. The van der Waals surface area contributed by atoms with E-state index in [0.717, 1.165) is 50.5 Å². The number of unbranched alkanes of at least 4 members (excludes halogenated alkanes) is 6. The minimum absolute atomic E-state index is 0.0149. The van der Waals surface area contributed by atoms with Crippen molar-refractivity contribution >= 4 is 12.2 Å². The summed E-state index contributed by atoms with van der Waals surface area (Å²) in [6, 6.07) is 8.93. The third kappa shape index (κ3) is 11.5. The molecule has 0 aromatic heterocycles. The molecule has 2 saturated heterocycles. The number of benzene rings is 1. The number of aliphatic hydroxyl groups is 1. The van der Waals surface area contributed by atoms with Crippen LogP contribution in [0.5, 0.6) is 0 Å². The number of nitrogens with one attached hydrogen (secondary N) is 1. The Morgan fingerprint density at radius 2 is 1.78 bits per heavy atom. The van der Waals surface area contributed by atoms with Gasteiger partial charge in [0.15, 0.2) is 6.29 Å². The Bertz CT molecular complexity index is 928. The van der Waals surface area contributed by atoms with Gasteiger partial charge in [-0.05, 0) is 44.1 Å². The molecule has 2 aliphatic heterocycles. The van der Waals surface area contributed by atoms with Crippen molar-refractivity contribution in [2.24, 2.45) is 5.92 Å². The molecule has 0 bridgehead atoms. The largest absolute Gasteiger partial charge is 0.449 e. The molecule has 1 aromatic rings. The Morgan fingerprint density at radius 1 is 1.05 bits per heavy atom. The van der Waals surface area contributed by atoms with E-state index in [-0.39, 0.29) is 32.0 Å². The average molecular weight is 573 g/mol. The standard InChI is InChI=1S/C32H48N2O7/c1-3-5-7-8-9-10-11-15-19-34(32(37)39-20-6-4-2)23-28(35)27(22-25-16-13-12-14-17-25)33-31(36)41-29-24-40-30-26(29)18-21-38-30/h3-4,12-14,16-17,26-30,35H,1-2,5-11,15,18-24H2,(H,33,36)/t26-,27?,28?,29-,30+/m0/s1. The van der Waals surface area contributed by atoms with E-state index >= 15 is 0 Å². The molecule has 0 aliphatic carbocycles. The molecule has 0 saturated carbocycles. The maximum absolute atomic E-state index is 13.0. The van der Waals surface area contributed by atoms with Gasteiger partial charge in [-0.25, -0.2) is 9.59 Å². The van der Waals surface area contributed by atoms with E-state index in [1.807, 2.05) is 36.4 Å². The lowest BCUT2D eigenvalue weighted by Gasteiger charge is -2.30. The van der Waals surface area contributed by atoms with Crippen molar-refractivity contribution < 1.29 is 33.6 Å². The number of rotatable bonds is 19. The minimum atomic E-state index is -1.05. The van der Waals surface area contributed by atoms with Crippen LogP contribution in [0.2, 0.25) is 0 Å². The number of nitrogens with zero attached hydrogens (tertiary/aromatic N) is 1. The van der Waals surface area contributed by atoms with Gasteiger partial charge < -0.3 is 34.3 Å². The lowest BCUT2D eigenvalue weighted by molar-refractivity contribution is -0.0907. The molecule has 2 aliphatic rings. The topological polar surface area (TPSA) is 107 Å². The molecular weight excluding hydrogens is 524 g/mol. The van der Waals surface area contributed by atoms with Crippen LogP contribution in [0.3, 0.4) is 0 Å². The highest BCUT2D eigenvalue weighted by molar-refractivity contribution is 5.68. The summed E-state index contributed by atoms with van der Waals surface area (Å²) in [5.74, 6) is 0.0149. The van der Waals surface area contributed by atoms with E-state index in [2.05, 4.69) is 18.5 Å². The number of carbonyl (C=O) groups excluding carboxylic acids is 2. The van der Waals surface area contributed by atoms with Gasteiger partial charge in [-0.15, -0.1) is 13.2 Å². The van der Waals surface area contributed by atoms with E-state index < -0.39 is 30.4 Å². The fourth-order valence-electron chi connectivity index (χ4n) is 5.25. The highest BCUT2D eigenvalue weighted by Crippen LogP contribution is 2.33. The predicted molar refractivity (Wildman–Crippen MR) is 157 cm³/mol. The lowest BCUT2D eigenvalue weighted by Crippen LogP contribution is -2.51. The van der Waals surface area contributed by atoms with Gasteiger partial charge in [0, 0.05) is 6.54 Å². The second kappa shape index (κ2) is 18.5. The van der Waals surface area contributed by atoms with Gasteiger partial charge in [-0.2, -0.15) is 0 Å². The van der Waals surface area contributed by atoms with Crippen molar-refractivity contribution in [2.75, 3.05) is 32.9 Å². The molecule has 2 fully saturated rings. The molecule has 41 heavy (non-hydrogen) atoms. The molecule has 0 spiro atoms. The molecule has 0 radical (unpaired) electrons. The Balaban J connectivity index is 1.59. The Morgan fingerprint density at radius 3 is 2.54 bits per heavy atom. The van der Waals surface area contributed by atoms with Crippen molar-refractivity contribution in [3.05, 3.63) is 61.2 Å². The number of hydrogen-bond acceptors (Lipinski definition) is 7. The van der Waals surface area contributed by atoms with Gasteiger partial charge in [-0.3, -0.25) is 0 Å². The van der Waals surface area contributed by atoms with Crippen LogP contribution < -0.4 is 5.32 Å². The zero-order chi connectivity index (χ0) is 29.3. The number of amides is 2. The maximum atomic E-state index is 13.0. The average Bonchev–Trinajstić information content (AvgIpc) is 3.59. The van der Waals surface area contributed by atoms with Gasteiger partial charge >= 0.3 is 12.2 Å². The second-order valence-electron chi connectivity index (χ2n) is 10.8. The van der Waals surface area contributed by atoms with E-state index in [0.29, 0.717) is 26.0 Å². The Kier molecular flexibility index (Phi) is 14.7. The fraction of sp³-hybridized carbons (Fsp3) is 0.625. The molecular formula is C32H48N2O7. The number of alkyl carbamates (subject to hydrolysis) is 1. The summed E-state index contributed by atoms with van der Waals surface area (Å²) in [5, 5.41) is 14.2. The summed E-state index contributed by atoms with van der Waals surface area (Å²) in [6.45, 7) is 9.02. The summed E-state index contributed by atoms with van der Waals surface area (Å²) in [6.07, 6.45) is 9.84.